The highest BCUT2D eigenvalue weighted by atomic mass is 16.7. The first-order chi connectivity index (χ1) is 13.2. The zero-order valence-electron chi connectivity index (χ0n) is 14.1. The average Bonchev–Trinajstić information content (AvgIpc) is 3.15. The van der Waals surface area contributed by atoms with E-state index in [0.29, 0.717) is 28.5 Å². The molecule has 27 heavy (non-hydrogen) atoms. The minimum Gasteiger partial charge on any atom is -0.457 e. The summed E-state index contributed by atoms with van der Waals surface area (Å²) >= 11 is 0. The van der Waals surface area contributed by atoms with Crippen molar-refractivity contribution in [1.29, 1.82) is 0 Å². The fourth-order valence-corrected chi connectivity index (χ4v) is 2.58. The summed E-state index contributed by atoms with van der Waals surface area (Å²) in [6.45, 7) is 0.0515. The smallest absolute Gasteiger partial charge is 0.282 e. The Morgan fingerprint density at radius 3 is 2.33 bits per heavy atom. The summed E-state index contributed by atoms with van der Waals surface area (Å²) in [5.41, 5.74) is 0.892. The van der Waals surface area contributed by atoms with E-state index < -0.39 is 4.92 Å². The predicted molar refractivity (Wildman–Crippen MR) is 99.4 cm³/mol. The number of aliphatic imine (C=N–C) groups is 1. The molecular weight excluding hydrogens is 348 g/mol. The first-order valence-corrected chi connectivity index (χ1v) is 8.14. The van der Waals surface area contributed by atoms with E-state index in [1.54, 1.807) is 30.3 Å². The molecule has 0 amide bonds. The van der Waals surface area contributed by atoms with Gasteiger partial charge in [0.15, 0.2) is 11.5 Å². The maximum atomic E-state index is 11.3. The van der Waals surface area contributed by atoms with Gasteiger partial charge in [0, 0.05) is 6.21 Å². The van der Waals surface area contributed by atoms with Gasteiger partial charge in [-0.1, -0.05) is 18.2 Å². The molecule has 7 heteroatoms. The van der Waals surface area contributed by atoms with Gasteiger partial charge in [-0.15, -0.1) is 0 Å². The number of hydrogen-bond donors (Lipinski definition) is 0. The Morgan fingerprint density at radius 2 is 1.63 bits per heavy atom. The number of ether oxygens (including phenoxy) is 3. The van der Waals surface area contributed by atoms with Crippen LogP contribution in [0.15, 0.2) is 71.7 Å². The minimum absolute atomic E-state index is 0.0515. The van der Waals surface area contributed by atoms with Crippen molar-refractivity contribution < 1.29 is 19.1 Å². The maximum absolute atomic E-state index is 11.3. The number of benzene rings is 3. The zero-order chi connectivity index (χ0) is 18.6. The van der Waals surface area contributed by atoms with Crippen LogP contribution in [0.25, 0.3) is 0 Å². The molecule has 0 spiro atoms. The van der Waals surface area contributed by atoms with Gasteiger partial charge < -0.3 is 14.2 Å². The molecule has 0 saturated heterocycles. The molecule has 7 nitrogen and oxygen atoms in total. The topological polar surface area (TPSA) is 83.2 Å². The number of nitro groups is 1. The highest BCUT2D eigenvalue weighted by Gasteiger charge is 2.22. The van der Waals surface area contributed by atoms with Crippen LogP contribution in [-0.2, 0) is 0 Å². The van der Waals surface area contributed by atoms with Crippen molar-refractivity contribution >= 4 is 17.6 Å². The van der Waals surface area contributed by atoms with Crippen LogP contribution in [0, 0.1) is 10.1 Å². The summed E-state index contributed by atoms with van der Waals surface area (Å²) in [6.07, 6.45) is 1.44. The number of hydrogen-bond acceptors (Lipinski definition) is 6. The summed E-state index contributed by atoms with van der Waals surface area (Å²) in [5.74, 6) is 2.24. The van der Waals surface area contributed by atoms with Crippen LogP contribution in [-0.4, -0.2) is 17.9 Å². The Kier molecular flexibility index (Phi) is 4.40. The summed E-state index contributed by atoms with van der Waals surface area (Å²) in [7, 11) is 0. The first-order valence-electron chi connectivity index (χ1n) is 8.14. The van der Waals surface area contributed by atoms with Gasteiger partial charge in [0.2, 0.25) is 6.79 Å². The van der Waals surface area contributed by atoms with Crippen LogP contribution >= 0.6 is 0 Å². The molecule has 0 radical (unpaired) electrons. The SMILES string of the molecule is O=[N+]([O-])c1cc2c(cc1C=Nc1ccc(Oc3ccccc3)cc1)OCO2. The van der Waals surface area contributed by atoms with Crippen LogP contribution in [0.5, 0.6) is 23.0 Å². The van der Waals surface area contributed by atoms with Crippen molar-refractivity contribution in [2.45, 2.75) is 0 Å². The molecule has 0 N–H and O–H groups in total. The highest BCUT2D eigenvalue weighted by molar-refractivity contribution is 5.88. The number of para-hydroxylation sites is 1. The van der Waals surface area contributed by atoms with Crippen molar-refractivity contribution in [3.63, 3.8) is 0 Å². The molecule has 134 valence electrons. The molecule has 3 aromatic rings. The number of rotatable bonds is 5. The molecule has 1 aliphatic heterocycles. The Labute approximate surface area is 154 Å². The van der Waals surface area contributed by atoms with Crippen molar-refractivity contribution in [2.75, 3.05) is 6.79 Å². The average molecular weight is 362 g/mol. The Balaban J connectivity index is 1.54. The van der Waals surface area contributed by atoms with Crippen molar-refractivity contribution in [1.82, 2.24) is 0 Å². The molecule has 4 rings (SSSR count). The lowest BCUT2D eigenvalue weighted by molar-refractivity contribution is -0.385. The second kappa shape index (κ2) is 7.17. The lowest BCUT2D eigenvalue weighted by atomic mass is 10.1. The van der Waals surface area contributed by atoms with E-state index in [4.69, 9.17) is 14.2 Å². The quantitative estimate of drug-likeness (QED) is 0.367. The Bertz CT molecular complexity index is 1000. The van der Waals surface area contributed by atoms with E-state index in [2.05, 4.69) is 4.99 Å². The van der Waals surface area contributed by atoms with Gasteiger partial charge in [-0.3, -0.25) is 15.1 Å². The van der Waals surface area contributed by atoms with Gasteiger partial charge in [-0.2, -0.15) is 0 Å². The van der Waals surface area contributed by atoms with Crippen molar-refractivity contribution in [2.24, 2.45) is 4.99 Å². The number of nitrogens with zero attached hydrogens (tertiary/aromatic N) is 2. The molecule has 0 aromatic heterocycles. The van der Waals surface area contributed by atoms with Crippen molar-refractivity contribution in [3.8, 4) is 23.0 Å². The first kappa shape index (κ1) is 16.6. The van der Waals surface area contributed by atoms with E-state index in [1.165, 1.54) is 12.3 Å². The van der Waals surface area contributed by atoms with Crippen molar-refractivity contribution in [3.05, 3.63) is 82.4 Å². The summed E-state index contributed by atoms with van der Waals surface area (Å²) < 4.78 is 16.2. The molecule has 0 bridgehead atoms. The van der Waals surface area contributed by atoms with E-state index in [-0.39, 0.29) is 12.5 Å². The predicted octanol–water partition coefficient (Wildman–Crippen LogP) is 4.87. The highest BCUT2D eigenvalue weighted by Crippen LogP contribution is 2.37. The second-order valence-electron chi connectivity index (χ2n) is 5.69. The molecule has 1 heterocycles. The van der Waals surface area contributed by atoms with Gasteiger partial charge in [-0.05, 0) is 42.5 Å². The van der Waals surface area contributed by atoms with Gasteiger partial charge in [-0.25, -0.2) is 0 Å². The third-order valence-corrected chi connectivity index (χ3v) is 3.89. The third-order valence-electron chi connectivity index (χ3n) is 3.89. The van der Waals surface area contributed by atoms with Crippen LogP contribution in [0.4, 0.5) is 11.4 Å². The van der Waals surface area contributed by atoms with E-state index in [1.807, 2.05) is 30.3 Å². The molecule has 3 aromatic carbocycles. The van der Waals surface area contributed by atoms with Crippen LogP contribution in [0.3, 0.4) is 0 Å². The zero-order valence-corrected chi connectivity index (χ0v) is 14.1. The van der Waals surface area contributed by atoms with Crippen LogP contribution in [0.1, 0.15) is 5.56 Å². The monoisotopic (exact) mass is 362 g/mol. The maximum Gasteiger partial charge on any atom is 0.282 e. The molecule has 0 saturated carbocycles. The Hall–Kier alpha value is -3.87. The normalized spacial score (nSPS) is 12.3. The largest absolute Gasteiger partial charge is 0.457 e. The van der Waals surface area contributed by atoms with Gasteiger partial charge >= 0.3 is 0 Å². The lowest BCUT2D eigenvalue weighted by Crippen LogP contribution is -1.94. The van der Waals surface area contributed by atoms with E-state index in [0.717, 1.165) is 5.75 Å². The van der Waals surface area contributed by atoms with Gasteiger partial charge in [0.25, 0.3) is 5.69 Å². The molecule has 0 unspecified atom stereocenters. The molecule has 0 fully saturated rings. The van der Waals surface area contributed by atoms with Crippen LogP contribution < -0.4 is 14.2 Å². The minimum atomic E-state index is -0.472. The summed E-state index contributed by atoms with van der Waals surface area (Å²) in [6, 6.07) is 19.5. The number of fused-ring (bicyclic) bond motifs is 1. The standard InChI is InChI=1S/C20H14N2O5/c23-22(24)18-11-20-19(25-13-26-20)10-14(18)12-21-15-6-8-17(9-7-15)27-16-4-2-1-3-5-16/h1-12H,13H2. The Morgan fingerprint density at radius 1 is 0.963 bits per heavy atom. The summed E-state index contributed by atoms with van der Waals surface area (Å²) in [4.78, 5) is 15.1. The second-order valence-corrected chi connectivity index (χ2v) is 5.69. The third kappa shape index (κ3) is 3.72. The molecule has 0 aliphatic carbocycles. The summed E-state index contributed by atoms with van der Waals surface area (Å²) in [5, 5.41) is 11.3. The fraction of sp³-hybridized carbons (Fsp3) is 0.0500. The fourth-order valence-electron chi connectivity index (χ4n) is 2.58. The number of nitro benzene ring substituents is 1. The van der Waals surface area contributed by atoms with E-state index >= 15 is 0 Å². The van der Waals surface area contributed by atoms with Gasteiger partial charge in [0.05, 0.1) is 22.2 Å². The van der Waals surface area contributed by atoms with Crippen LogP contribution in [0.2, 0.25) is 0 Å². The van der Waals surface area contributed by atoms with E-state index in [9.17, 15) is 10.1 Å². The molecule has 0 atom stereocenters. The van der Waals surface area contributed by atoms with Gasteiger partial charge in [0.1, 0.15) is 11.5 Å². The molecule has 1 aliphatic rings. The molecular formula is C20H14N2O5. The lowest BCUT2D eigenvalue weighted by Gasteiger charge is -2.05.